The second kappa shape index (κ2) is 8.37. The van der Waals surface area contributed by atoms with Gasteiger partial charge in [0.2, 0.25) is 0 Å². The largest absolute Gasteiger partial charge is 0.504 e. The van der Waals surface area contributed by atoms with Crippen LogP contribution >= 0.6 is 11.3 Å². The van der Waals surface area contributed by atoms with Crippen molar-refractivity contribution < 1.29 is 29.6 Å². The summed E-state index contributed by atoms with van der Waals surface area (Å²) in [4.78, 5) is 16.4. The number of aromatic nitrogens is 1. The minimum absolute atomic E-state index is 0.0574. The van der Waals surface area contributed by atoms with Crippen LogP contribution < -0.4 is 9.47 Å². The van der Waals surface area contributed by atoms with E-state index in [0.717, 1.165) is 0 Å². The third-order valence-electron chi connectivity index (χ3n) is 4.54. The van der Waals surface area contributed by atoms with Crippen LogP contribution in [0.3, 0.4) is 0 Å². The standard InChI is InChI=1S/C23H17NO6S/c1-29-14-2-4-15(5-3-14)30-22-17-10-18(25)19(26)12-20(17)31-21(22)11-16(23(27)28)13-6-8-24-9-7-13/h2-12,25-26H,1H3,(H,27,28)/b16-11+. The monoisotopic (exact) mass is 435 g/mol. The summed E-state index contributed by atoms with van der Waals surface area (Å²) in [5.74, 6) is -0.140. The van der Waals surface area contributed by atoms with Crippen molar-refractivity contribution in [1.29, 1.82) is 0 Å². The predicted molar refractivity (Wildman–Crippen MR) is 118 cm³/mol. The van der Waals surface area contributed by atoms with E-state index < -0.39 is 5.97 Å². The van der Waals surface area contributed by atoms with Crippen molar-refractivity contribution in [1.82, 2.24) is 4.98 Å². The topological polar surface area (TPSA) is 109 Å². The highest BCUT2D eigenvalue weighted by molar-refractivity contribution is 7.20. The molecule has 156 valence electrons. The van der Waals surface area contributed by atoms with Gasteiger partial charge in [-0.15, -0.1) is 11.3 Å². The quantitative estimate of drug-likeness (QED) is 0.284. The smallest absolute Gasteiger partial charge is 0.336 e. The third-order valence-corrected chi connectivity index (χ3v) is 5.62. The number of rotatable bonds is 6. The average molecular weight is 435 g/mol. The number of nitrogens with zero attached hydrogens (tertiary/aromatic N) is 1. The Labute approximate surface area is 181 Å². The molecule has 0 radical (unpaired) electrons. The van der Waals surface area contributed by atoms with E-state index in [0.29, 0.717) is 37.8 Å². The Hall–Kier alpha value is -4.04. The zero-order valence-electron chi connectivity index (χ0n) is 16.3. The van der Waals surface area contributed by atoms with E-state index in [1.54, 1.807) is 43.5 Å². The number of pyridine rings is 1. The molecule has 0 saturated heterocycles. The van der Waals surface area contributed by atoms with Crippen LogP contribution in [0, 0.1) is 0 Å². The van der Waals surface area contributed by atoms with Crippen molar-refractivity contribution in [2.24, 2.45) is 0 Å². The summed E-state index contributed by atoms with van der Waals surface area (Å²) >= 11 is 1.24. The Morgan fingerprint density at radius 2 is 1.65 bits per heavy atom. The molecule has 0 atom stereocenters. The second-order valence-corrected chi connectivity index (χ2v) is 7.59. The normalized spacial score (nSPS) is 11.5. The summed E-state index contributed by atoms with van der Waals surface area (Å²) in [6.07, 6.45) is 4.54. The van der Waals surface area contributed by atoms with Crippen LogP contribution in [0.2, 0.25) is 0 Å². The Bertz CT molecular complexity index is 1280. The van der Waals surface area contributed by atoms with Crippen LogP contribution in [0.4, 0.5) is 0 Å². The molecular formula is C23H17NO6S. The van der Waals surface area contributed by atoms with Gasteiger partial charge in [-0.05, 0) is 54.1 Å². The first kappa shape index (κ1) is 20.2. The van der Waals surface area contributed by atoms with Crippen molar-refractivity contribution in [3.63, 3.8) is 0 Å². The fraction of sp³-hybridized carbons (Fsp3) is 0.0435. The summed E-state index contributed by atoms with van der Waals surface area (Å²) < 4.78 is 11.9. The molecule has 2 aromatic carbocycles. The first-order valence-electron chi connectivity index (χ1n) is 9.12. The van der Waals surface area contributed by atoms with Gasteiger partial charge in [-0.25, -0.2) is 4.79 Å². The first-order valence-corrected chi connectivity index (χ1v) is 9.93. The minimum Gasteiger partial charge on any atom is -0.504 e. The zero-order valence-corrected chi connectivity index (χ0v) is 17.1. The predicted octanol–water partition coefficient (Wildman–Crippen LogP) is 5.13. The molecule has 0 unspecified atom stereocenters. The molecule has 3 N–H and O–H groups in total. The number of carboxylic acid groups (broad SMARTS) is 1. The third kappa shape index (κ3) is 4.15. The van der Waals surface area contributed by atoms with E-state index in [9.17, 15) is 20.1 Å². The van der Waals surface area contributed by atoms with Gasteiger partial charge >= 0.3 is 5.97 Å². The maximum absolute atomic E-state index is 11.9. The number of carbonyl (C=O) groups is 1. The highest BCUT2D eigenvalue weighted by atomic mass is 32.1. The first-order chi connectivity index (χ1) is 15.0. The number of aromatic hydroxyl groups is 2. The van der Waals surface area contributed by atoms with E-state index in [-0.39, 0.29) is 17.1 Å². The number of aliphatic carboxylic acids is 1. The van der Waals surface area contributed by atoms with Crippen molar-refractivity contribution in [2.45, 2.75) is 0 Å². The summed E-state index contributed by atoms with van der Waals surface area (Å²) in [6.45, 7) is 0. The molecule has 31 heavy (non-hydrogen) atoms. The lowest BCUT2D eigenvalue weighted by atomic mass is 10.1. The van der Waals surface area contributed by atoms with Gasteiger partial charge in [0.15, 0.2) is 17.2 Å². The average Bonchev–Trinajstić information content (AvgIpc) is 3.09. The summed E-state index contributed by atoms with van der Waals surface area (Å²) in [5, 5.41) is 30.2. The number of ether oxygens (including phenoxy) is 2. The van der Waals surface area contributed by atoms with Crippen LogP contribution in [0.25, 0.3) is 21.7 Å². The Kier molecular flexibility index (Phi) is 5.46. The molecule has 0 amide bonds. The Morgan fingerprint density at radius 1 is 1.00 bits per heavy atom. The van der Waals surface area contributed by atoms with Crippen molar-refractivity contribution >= 4 is 39.0 Å². The maximum atomic E-state index is 11.9. The number of hydrogen-bond donors (Lipinski definition) is 3. The van der Waals surface area contributed by atoms with Crippen molar-refractivity contribution in [3.8, 4) is 28.7 Å². The van der Waals surface area contributed by atoms with E-state index in [2.05, 4.69) is 4.98 Å². The molecular weight excluding hydrogens is 418 g/mol. The van der Waals surface area contributed by atoms with Crippen LogP contribution in [-0.2, 0) is 4.79 Å². The molecule has 4 aromatic rings. The van der Waals surface area contributed by atoms with Gasteiger partial charge < -0.3 is 24.8 Å². The number of methoxy groups -OCH3 is 1. The van der Waals surface area contributed by atoms with Gasteiger partial charge in [0, 0.05) is 28.5 Å². The Morgan fingerprint density at radius 3 is 2.29 bits per heavy atom. The van der Waals surface area contributed by atoms with Crippen LogP contribution in [-0.4, -0.2) is 33.4 Å². The van der Waals surface area contributed by atoms with Gasteiger partial charge in [0.25, 0.3) is 0 Å². The van der Waals surface area contributed by atoms with Gasteiger partial charge in [0.05, 0.1) is 17.6 Å². The van der Waals surface area contributed by atoms with Crippen LogP contribution in [0.1, 0.15) is 10.4 Å². The molecule has 0 aliphatic heterocycles. The molecule has 0 fully saturated rings. The molecule has 0 saturated carbocycles. The van der Waals surface area contributed by atoms with Gasteiger partial charge in [-0.3, -0.25) is 4.98 Å². The SMILES string of the molecule is COc1ccc(Oc2c(/C=C(/C(=O)O)c3ccncc3)sc3cc(O)c(O)cc23)cc1. The van der Waals surface area contributed by atoms with Gasteiger partial charge in [-0.2, -0.15) is 0 Å². The van der Waals surface area contributed by atoms with E-state index in [1.165, 1.54) is 41.9 Å². The summed E-state index contributed by atoms with van der Waals surface area (Å²) in [6, 6.07) is 12.9. The van der Waals surface area contributed by atoms with Crippen molar-refractivity contribution in [2.75, 3.05) is 7.11 Å². The number of thiophene rings is 1. The highest BCUT2D eigenvalue weighted by Gasteiger charge is 2.19. The molecule has 0 aliphatic rings. The summed E-state index contributed by atoms with van der Waals surface area (Å²) in [5.41, 5.74) is 0.544. The van der Waals surface area contributed by atoms with E-state index in [1.807, 2.05) is 0 Å². The lowest BCUT2D eigenvalue weighted by Crippen LogP contribution is -1.99. The minimum atomic E-state index is -1.11. The van der Waals surface area contributed by atoms with Crippen LogP contribution in [0.5, 0.6) is 28.7 Å². The number of phenolic OH excluding ortho intramolecular Hbond substituents is 2. The van der Waals surface area contributed by atoms with Crippen LogP contribution in [0.15, 0.2) is 60.9 Å². The molecule has 2 aromatic heterocycles. The van der Waals surface area contributed by atoms with E-state index >= 15 is 0 Å². The number of carboxylic acids is 1. The second-order valence-electron chi connectivity index (χ2n) is 6.51. The van der Waals surface area contributed by atoms with Gasteiger partial charge in [-0.1, -0.05) is 0 Å². The number of fused-ring (bicyclic) bond motifs is 1. The molecule has 2 heterocycles. The fourth-order valence-corrected chi connectivity index (χ4v) is 4.10. The molecule has 0 aliphatic carbocycles. The number of benzene rings is 2. The number of hydrogen-bond acceptors (Lipinski definition) is 7. The lowest BCUT2D eigenvalue weighted by molar-refractivity contribution is -0.130. The fourth-order valence-electron chi connectivity index (χ4n) is 3.01. The van der Waals surface area contributed by atoms with Crippen molar-refractivity contribution in [3.05, 3.63) is 71.4 Å². The molecule has 8 heteroatoms. The van der Waals surface area contributed by atoms with Gasteiger partial charge in [0.1, 0.15) is 11.5 Å². The van der Waals surface area contributed by atoms with E-state index in [4.69, 9.17) is 9.47 Å². The Balaban J connectivity index is 1.89. The number of phenols is 2. The molecule has 7 nitrogen and oxygen atoms in total. The molecule has 0 spiro atoms. The molecule has 4 rings (SSSR count). The molecule has 0 bridgehead atoms. The maximum Gasteiger partial charge on any atom is 0.336 e. The highest BCUT2D eigenvalue weighted by Crippen LogP contribution is 2.45. The lowest BCUT2D eigenvalue weighted by Gasteiger charge is -2.08. The zero-order chi connectivity index (χ0) is 22.0. The summed E-state index contributed by atoms with van der Waals surface area (Å²) in [7, 11) is 1.56.